The number of benzene rings is 1. The average Bonchev–Trinajstić information content (AvgIpc) is 2.88. The molecule has 0 spiro atoms. The maximum atomic E-state index is 2.48. The van der Waals surface area contributed by atoms with Gasteiger partial charge in [-0.2, -0.15) is 0 Å². The van der Waals surface area contributed by atoms with Crippen molar-refractivity contribution < 1.29 is 0 Å². The van der Waals surface area contributed by atoms with Crippen LogP contribution in [0.3, 0.4) is 0 Å². The summed E-state index contributed by atoms with van der Waals surface area (Å²) in [6.07, 6.45) is 12.7. The molecule has 2 heteroatoms. The second-order valence-corrected chi connectivity index (χ2v) is 8.04. The van der Waals surface area contributed by atoms with E-state index >= 15 is 0 Å². The summed E-state index contributed by atoms with van der Waals surface area (Å²) in [6.45, 7) is 6.68. The summed E-state index contributed by atoms with van der Waals surface area (Å²) in [4.78, 5) is 2.44. The van der Waals surface area contributed by atoms with E-state index < -0.39 is 0 Å². The monoisotopic (exact) mass is 334 g/mol. The predicted octanol–water partition coefficient (Wildman–Crippen LogP) is 5.69. The molecule has 0 unspecified atom stereocenters. The van der Waals surface area contributed by atoms with Gasteiger partial charge in [-0.3, -0.25) is 0 Å². The van der Waals surface area contributed by atoms with Gasteiger partial charge in [-0.15, -0.1) is 0 Å². The van der Waals surface area contributed by atoms with E-state index in [1.807, 2.05) is 0 Å². The Bertz CT molecular complexity index is 843. The molecule has 0 bridgehead atoms. The van der Waals surface area contributed by atoms with Gasteiger partial charge >= 0.3 is 0 Å². The third-order valence-corrected chi connectivity index (χ3v) is 5.79. The summed E-state index contributed by atoms with van der Waals surface area (Å²) in [6, 6.07) is 6.92. The molecule has 1 aromatic carbocycles. The highest BCUT2D eigenvalue weighted by molar-refractivity contribution is 5.88. The topological polar surface area (TPSA) is 8.17 Å². The van der Waals surface area contributed by atoms with E-state index in [-0.39, 0.29) is 0 Å². The van der Waals surface area contributed by atoms with Crippen LogP contribution in [0.2, 0.25) is 0 Å². The van der Waals surface area contributed by atoms with Gasteiger partial charge in [0.05, 0.1) is 5.52 Å². The maximum absolute atomic E-state index is 2.48. The fourth-order valence-electron chi connectivity index (χ4n) is 4.50. The minimum absolute atomic E-state index is 1.07. The number of aromatic nitrogens is 1. The Morgan fingerprint density at radius 3 is 2.68 bits per heavy atom. The van der Waals surface area contributed by atoms with Gasteiger partial charge in [-0.1, -0.05) is 29.7 Å². The molecule has 1 saturated carbocycles. The van der Waals surface area contributed by atoms with Crippen molar-refractivity contribution in [1.29, 1.82) is 0 Å². The standard InChI is InChI=1S/C23H30N2/c1-17-9-10-22-20(14-17)21-16-24(3)12-11-23(21)25(22)15-18(2)13-19-7-5-4-6-8-19/h9-10,13-15H,4-8,11-12,16H2,1-3H3/b18-15+. The van der Waals surface area contributed by atoms with Crippen LogP contribution in [0.4, 0.5) is 0 Å². The summed E-state index contributed by atoms with van der Waals surface area (Å²) in [5.41, 5.74) is 8.79. The fourth-order valence-corrected chi connectivity index (χ4v) is 4.50. The number of hydrogen-bond donors (Lipinski definition) is 0. The number of likely N-dealkylation sites (N-methyl/N-ethyl adjacent to an activating group) is 1. The van der Waals surface area contributed by atoms with Crippen LogP contribution in [0, 0.1) is 6.92 Å². The highest BCUT2D eigenvalue weighted by atomic mass is 15.1. The van der Waals surface area contributed by atoms with Crippen LogP contribution in [-0.4, -0.2) is 23.1 Å². The van der Waals surface area contributed by atoms with E-state index in [1.165, 1.54) is 65.4 Å². The highest BCUT2D eigenvalue weighted by Crippen LogP contribution is 2.32. The average molecular weight is 335 g/mol. The van der Waals surface area contributed by atoms with Crippen molar-refractivity contribution >= 4 is 17.1 Å². The van der Waals surface area contributed by atoms with Gasteiger partial charge in [0.2, 0.25) is 0 Å². The van der Waals surface area contributed by atoms with Crippen molar-refractivity contribution in [3.63, 3.8) is 0 Å². The summed E-state index contributed by atoms with van der Waals surface area (Å²) in [5, 5.41) is 1.44. The third-order valence-electron chi connectivity index (χ3n) is 5.79. The largest absolute Gasteiger partial charge is 0.320 e. The van der Waals surface area contributed by atoms with Gasteiger partial charge in [0.1, 0.15) is 0 Å². The Labute approximate surface area is 151 Å². The Morgan fingerprint density at radius 1 is 1.08 bits per heavy atom. The molecule has 1 aliphatic heterocycles. The second kappa shape index (κ2) is 6.84. The first-order valence-electron chi connectivity index (χ1n) is 9.80. The number of fused-ring (bicyclic) bond motifs is 3. The molecule has 25 heavy (non-hydrogen) atoms. The minimum atomic E-state index is 1.07. The van der Waals surface area contributed by atoms with Crippen LogP contribution in [-0.2, 0) is 13.0 Å². The second-order valence-electron chi connectivity index (χ2n) is 8.04. The molecule has 2 nitrogen and oxygen atoms in total. The lowest BCUT2D eigenvalue weighted by molar-refractivity contribution is 0.312. The zero-order valence-electron chi connectivity index (χ0n) is 15.9. The maximum Gasteiger partial charge on any atom is 0.0529 e. The first kappa shape index (κ1) is 16.7. The zero-order chi connectivity index (χ0) is 17.4. The molecule has 0 amide bonds. The summed E-state index contributed by atoms with van der Waals surface area (Å²) in [5.74, 6) is 0. The van der Waals surface area contributed by atoms with Crippen LogP contribution >= 0.6 is 0 Å². The van der Waals surface area contributed by atoms with Crippen molar-refractivity contribution in [3.05, 3.63) is 52.2 Å². The Balaban J connectivity index is 1.80. The quantitative estimate of drug-likeness (QED) is 0.685. The van der Waals surface area contributed by atoms with Crippen LogP contribution < -0.4 is 0 Å². The minimum Gasteiger partial charge on any atom is -0.320 e. The molecule has 2 aliphatic rings. The highest BCUT2D eigenvalue weighted by Gasteiger charge is 2.21. The van der Waals surface area contributed by atoms with Gasteiger partial charge in [-0.05, 0) is 69.8 Å². The van der Waals surface area contributed by atoms with E-state index in [1.54, 1.807) is 5.57 Å². The van der Waals surface area contributed by atoms with E-state index in [0.717, 1.165) is 19.5 Å². The molecule has 0 N–H and O–H groups in total. The van der Waals surface area contributed by atoms with Crippen LogP contribution in [0.5, 0.6) is 0 Å². The molecular weight excluding hydrogens is 304 g/mol. The zero-order valence-corrected chi connectivity index (χ0v) is 15.9. The predicted molar refractivity (Wildman–Crippen MR) is 108 cm³/mol. The molecule has 132 valence electrons. The molecule has 1 aliphatic carbocycles. The molecule has 1 fully saturated rings. The van der Waals surface area contributed by atoms with E-state index in [0.29, 0.717) is 0 Å². The fraction of sp³-hybridized carbons (Fsp3) is 0.478. The van der Waals surface area contributed by atoms with Crippen molar-refractivity contribution in [3.8, 4) is 0 Å². The lowest BCUT2D eigenvalue weighted by Gasteiger charge is -2.23. The number of nitrogens with zero attached hydrogens (tertiary/aromatic N) is 2. The lowest BCUT2D eigenvalue weighted by atomic mass is 9.94. The molecule has 0 atom stereocenters. The van der Waals surface area contributed by atoms with Gasteiger partial charge in [-0.25, -0.2) is 0 Å². The summed E-state index contributed by atoms with van der Waals surface area (Å²) in [7, 11) is 2.23. The van der Waals surface area contributed by atoms with E-state index in [9.17, 15) is 0 Å². The van der Waals surface area contributed by atoms with Crippen molar-refractivity contribution in [2.75, 3.05) is 13.6 Å². The summed E-state index contributed by atoms with van der Waals surface area (Å²) >= 11 is 0. The number of rotatable bonds is 2. The van der Waals surface area contributed by atoms with Crippen molar-refractivity contribution in [2.24, 2.45) is 0 Å². The SMILES string of the molecule is C/C(C=C1CCCCC1)=C\n1c2c(c3cc(C)ccc31)CN(C)CC2. The molecule has 4 rings (SSSR count). The van der Waals surface area contributed by atoms with Gasteiger partial charge in [0.25, 0.3) is 0 Å². The number of aryl methyl sites for hydroxylation is 1. The summed E-state index contributed by atoms with van der Waals surface area (Å²) < 4.78 is 2.48. The number of allylic oxidation sites excluding steroid dienone is 3. The molecule has 2 heterocycles. The Morgan fingerprint density at radius 2 is 1.88 bits per heavy atom. The molecule has 1 aromatic heterocycles. The van der Waals surface area contributed by atoms with Crippen LogP contribution in [0.25, 0.3) is 17.1 Å². The van der Waals surface area contributed by atoms with Crippen LogP contribution in [0.15, 0.2) is 35.4 Å². The van der Waals surface area contributed by atoms with Gasteiger partial charge in [0.15, 0.2) is 0 Å². The molecular formula is C23H30N2. The first-order chi connectivity index (χ1) is 12.1. The third kappa shape index (κ3) is 3.32. The van der Waals surface area contributed by atoms with E-state index in [4.69, 9.17) is 0 Å². The molecule has 0 saturated heterocycles. The normalized spacial score (nSPS) is 19.3. The van der Waals surface area contributed by atoms with E-state index in [2.05, 4.69) is 60.8 Å². The van der Waals surface area contributed by atoms with Crippen molar-refractivity contribution in [2.45, 2.75) is 58.9 Å². The van der Waals surface area contributed by atoms with Gasteiger partial charge < -0.3 is 9.47 Å². The molecule has 0 radical (unpaired) electrons. The van der Waals surface area contributed by atoms with Crippen molar-refractivity contribution in [1.82, 2.24) is 9.47 Å². The molecule has 2 aromatic rings. The first-order valence-corrected chi connectivity index (χ1v) is 9.80. The van der Waals surface area contributed by atoms with Crippen LogP contribution in [0.1, 0.15) is 55.8 Å². The lowest BCUT2D eigenvalue weighted by Crippen LogP contribution is -2.26. The smallest absolute Gasteiger partial charge is 0.0529 e. The Kier molecular flexibility index (Phi) is 4.56. The number of hydrogen-bond acceptors (Lipinski definition) is 1. The van der Waals surface area contributed by atoms with Gasteiger partial charge in [0, 0.05) is 36.8 Å². The Hall–Kier alpha value is -1.80.